The molecular formula is C31H28N2O3. The molecule has 4 aromatic rings. The zero-order valence-corrected chi connectivity index (χ0v) is 20.3. The van der Waals surface area contributed by atoms with Gasteiger partial charge in [-0.3, -0.25) is 4.90 Å². The van der Waals surface area contributed by atoms with Gasteiger partial charge in [-0.1, -0.05) is 60.7 Å². The molecule has 5 nitrogen and oxygen atoms in total. The Labute approximate surface area is 210 Å². The van der Waals surface area contributed by atoms with Gasteiger partial charge in [-0.05, 0) is 58.0 Å². The number of morpholine rings is 1. The highest BCUT2D eigenvalue weighted by atomic mass is 16.6. The molecule has 5 heteroatoms. The van der Waals surface area contributed by atoms with Crippen molar-refractivity contribution in [3.63, 3.8) is 0 Å². The van der Waals surface area contributed by atoms with Crippen LogP contribution in [-0.2, 0) is 16.5 Å². The number of hydrogen-bond acceptors (Lipinski definition) is 3. The molecule has 1 fully saturated rings. The van der Waals surface area contributed by atoms with Gasteiger partial charge in [0.1, 0.15) is 6.61 Å². The van der Waals surface area contributed by atoms with Crippen LogP contribution in [0, 0.1) is 0 Å². The predicted octanol–water partition coefficient (Wildman–Crippen LogP) is 5.98. The minimum Gasteiger partial charge on any atom is -0.448 e. The van der Waals surface area contributed by atoms with E-state index >= 15 is 0 Å². The van der Waals surface area contributed by atoms with Crippen LogP contribution in [0.1, 0.15) is 29.0 Å². The molecule has 36 heavy (non-hydrogen) atoms. The fraction of sp³-hybridized carbons (Fsp3) is 0.258. The molecule has 0 saturated carbocycles. The Balaban J connectivity index is 1.12. The van der Waals surface area contributed by atoms with E-state index in [-0.39, 0.29) is 24.1 Å². The summed E-state index contributed by atoms with van der Waals surface area (Å²) in [5.41, 5.74) is 8.65. The average molecular weight is 477 g/mol. The number of benzene rings is 3. The third-order valence-corrected chi connectivity index (χ3v) is 8.00. The van der Waals surface area contributed by atoms with Crippen LogP contribution in [-0.4, -0.2) is 47.5 Å². The molecule has 2 unspecified atom stereocenters. The Morgan fingerprint density at radius 2 is 1.72 bits per heavy atom. The second-order valence-corrected chi connectivity index (χ2v) is 10.1. The molecule has 1 saturated heterocycles. The fourth-order valence-electron chi connectivity index (χ4n) is 6.24. The Morgan fingerprint density at radius 1 is 0.972 bits per heavy atom. The van der Waals surface area contributed by atoms with Crippen LogP contribution in [0.2, 0.25) is 0 Å². The Bertz CT molecular complexity index is 1470. The highest BCUT2D eigenvalue weighted by Gasteiger charge is 2.40. The standard InChI is InChI=1S/C31H28N2O3/c1-32-13-12-21-14-20(10-11-30(21)32)22-15-23-17-35-18-24(16-22)33(23)31(34)36-19-29-27-8-4-2-6-25(27)26-7-3-5-9-28(26)29/h2-15,23-24,29H,16-19H2,1H3. The SMILES string of the molecule is Cn1ccc2cc(C3=CC4COCC(C3)N4C(=O)OCC3c4ccccc4-c4ccccc43)ccc21. The Hall–Kier alpha value is -3.83. The first-order valence-corrected chi connectivity index (χ1v) is 12.6. The van der Waals surface area contributed by atoms with Crippen LogP contribution < -0.4 is 0 Å². The molecule has 3 aliphatic rings. The van der Waals surface area contributed by atoms with Gasteiger partial charge >= 0.3 is 6.09 Å². The lowest BCUT2D eigenvalue weighted by atomic mass is 9.89. The minimum absolute atomic E-state index is 0.0223. The van der Waals surface area contributed by atoms with Crippen molar-refractivity contribution < 1.29 is 14.3 Å². The maximum atomic E-state index is 13.4. The van der Waals surface area contributed by atoms with Gasteiger partial charge in [0.25, 0.3) is 0 Å². The Morgan fingerprint density at radius 3 is 2.47 bits per heavy atom. The van der Waals surface area contributed by atoms with Gasteiger partial charge in [-0.25, -0.2) is 4.79 Å². The van der Waals surface area contributed by atoms with Crippen molar-refractivity contribution in [1.29, 1.82) is 0 Å². The minimum atomic E-state index is -0.246. The summed E-state index contributed by atoms with van der Waals surface area (Å²) in [6, 6.07) is 25.5. The van der Waals surface area contributed by atoms with E-state index in [9.17, 15) is 4.79 Å². The lowest BCUT2D eigenvalue weighted by Crippen LogP contribution is -2.56. The van der Waals surface area contributed by atoms with Crippen LogP contribution in [0.15, 0.2) is 85.1 Å². The molecule has 0 N–H and O–H groups in total. The van der Waals surface area contributed by atoms with E-state index in [1.807, 2.05) is 4.90 Å². The summed E-state index contributed by atoms with van der Waals surface area (Å²) >= 11 is 0. The zero-order chi connectivity index (χ0) is 24.2. The molecule has 2 bridgehead atoms. The highest BCUT2D eigenvalue weighted by Crippen LogP contribution is 2.44. The van der Waals surface area contributed by atoms with Crippen molar-refractivity contribution >= 4 is 22.6 Å². The molecule has 180 valence electrons. The van der Waals surface area contributed by atoms with Gasteiger partial charge in [0.05, 0.1) is 25.3 Å². The first kappa shape index (κ1) is 21.5. The number of aromatic nitrogens is 1. The zero-order valence-electron chi connectivity index (χ0n) is 20.3. The number of amides is 1. The summed E-state index contributed by atoms with van der Waals surface area (Å²) in [5, 5.41) is 1.23. The molecule has 1 amide bonds. The summed E-state index contributed by atoms with van der Waals surface area (Å²) < 4.78 is 14.0. The van der Waals surface area contributed by atoms with Crippen LogP contribution in [0.25, 0.3) is 27.6 Å². The lowest BCUT2D eigenvalue weighted by molar-refractivity contribution is -0.0331. The number of rotatable bonds is 3. The van der Waals surface area contributed by atoms with Crippen molar-refractivity contribution in [2.45, 2.75) is 24.4 Å². The van der Waals surface area contributed by atoms with Gasteiger partial charge in [0.15, 0.2) is 0 Å². The smallest absolute Gasteiger partial charge is 0.410 e. The van der Waals surface area contributed by atoms with Crippen molar-refractivity contribution in [2.24, 2.45) is 7.05 Å². The van der Waals surface area contributed by atoms with Gasteiger partial charge in [0.2, 0.25) is 0 Å². The van der Waals surface area contributed by atoms with Crippen LogP contribution in [0.5, 0.6) is 0 Å². The summed E-state index contributed by atoms with van der Waals surface area (Å²) in [4.78, 5) is 15.3. The van der Waals surface area contributed by atoms with E-state index < -0.39 is 0 Å². The third kappa shape index (κ3) is 3.38. The molecule has 7 rings (SSSR count). The number of fused-ring (bicyclic) bond motifs is 6. The molecule has 2 aliphatic heterocycles. The first-order chi connectivity index (χ1) is 17.7. The fourth-order valence-corrected chi connectivity index (χ4v) is 6.24. The van der Waals surface area contributed by atoms with Crippen LogP contribution >= 0.6 is 0 Å². The van der Waals surface area contributed by atoms with Gasteiger partial charge < -0.3 is 14.0 Å². The van der Waals surface area contributed by atoms with E-state index in [1.165, 1.54) is 44.3 Å². The highest BCUT2D eigenvalue weighted by molar-refractivity contribution is 5.85. The number of aryl methyl sites for hydroxylation is 1. The van der Waals surface area contributed by atoms with Crippen molar-refractivity contribution in [2.75, 3.05) is 19.8 Å². The molecule has 3 heterocycles. The van der Waals surface area contributed by atoms with E-state index in [0.29, 0.717) is 19.8 Å². The van der Waals surface area contributed by atoms with E-state index in [0.717, 1.165) is 6.42 Å². The third-order valence-electron chi connectivity index (χ3n) is 8.00. The largest absolute Gasteiger partial charge is 0.448 e. The first-order valence-electron chi connectivity index (χ1n) is 12.6. The number of ether oxygens (including phenoxy) is 2. The molecule has 1 aromatic heterocycles. The average Bonchev–Trinajstić information content (AvgIpc) is 3.44. The summed E-state index contributed by atoms with van der Waals surface area (Å²) in [6.07, 6.45) is 4.80. The number of nitrogens with zero attached hydrogens (tertiary/aromatic N) is 2. The Kier molecular flexibility index (Phi) is 5.00. The summed E-state index contributed by atoms with van der Waals surface area (Å²) in [7, 11) is 2.07. The topological polar surface area (TPSA) is 43.7 Å². The molecular weight excluding hydrogens is 448 g/mol. The van der Waals surface area contributed by atoms with E-state index in [4.69, 9.17) is 9.47 Å². The van der Waals surface area contributed by atoms with Crippen LogP contribution in [0.4, 0.5) is 4.79 Å². The monoisotopic (exact) mass is 476 g/mol. The molecule has 2 atom stereocenters. The number of hydrogen-bond donors (Lipinski definition) is 0. The molecule has 1 aliphatic carbocycles. The lowest BCUT2D eigenvalue weighted by Gasteiger charge is -2.44. The second-order valence-electron chi connectivity index (χ2n) is 10.1. The maximum absolute atomic E-state index is 13.4. The van der Waals surface area contributed by atoms with Gasteiger partial charge in [-0.2, -0.15) is 0 Å². The number of carbonyl (C=O) groups excluding carboxylic acids is 1. The molecule has 0 spiro atoms. The quantitative estimate of drug-likeness (QED) is 0.365. The maximum Gasteiger partial charge on any atom is 0.410 e. The molecule has 3 aromatic carbocycles. The van der Waals surface area contributed by atoms with Gasteiger partial charge in [-0.15, -0.1) is 0 Å². The van der Waals surface area contributed by atoms with Crippen molar-refractivity contribution in [3.05, 3.63) is 102 Å². The summed E-state index contributed by atoms with van der Waals surface area (Å²) in [5.74, 6) is 0.0610. The van der Waals surface area contributed by atoms with Crippen LogP contribution in [0.3, 0.4) is 0 Å². The van der Waals surface area contributed by atoms with Crippen molar-refractivity contribution in [3.8, 4) is 11.1 Å². The van der Waals surface area contributed by atoms with E-state index in [2.05, 4.69) is 96.7 Å². The second kappa shape index (κ2) is 8.38. The summed E-state index contributed by atoms with van der Waals surface area (Å²) in [6.45, 7) is 1.37. The molecule has 0 radical (unpaired) electrons. The van der Waals surface area contributed by atoms with E-state index in [1.54, 1.807) is 0 Å². The van der Waals surface area contributed by atoms with Gasteiger partial charge in [0, 0.05) is 30.1 Å². The van der Waals surface area contributed by atoms with Crippen molar-refractivity contribution in [1.82, 2.24) is 9.47 Å². The predicted molar refractivity (Wildman–Crippen MR) is 141 cm³/mol. The normalized spacial score (nSPS) is 20.7. The number of carbonyl (C=O) groups is 1.